The largest absolute Gasteiger partial charge is 0.211 e. The number of hydrogen-bond acceptors (Lipinski definition) is 3. The first kappa shape index (κ1) is 13.3. The second kappa shape index (κ2) is 5.39. The molecule has 0 amide bonds. The minimum Gasteiger partial charge on any atom is -0.211 e. The molecule has 3 aromatic rings. The molecular formula is C16H11ClN4. The van der Waals surface area contributed by atoms with Crippen molar-refractivity contribution in [1.29, 1.82) is 5.26 Å². The van der Waals surface area contributed by atoms with Crippen molar-refractivity contribution in [2.75, 3.05) is 0 Å². The van der Waals surface area contributed by atoms with E-state index in [0.29, 0.717) is 16.4 Å². The van der Waals surface area contributed by atoms with E-state index in [4.69, 9.17) is 11.6 Å². The van der Waals surface area contributed by atoms with Crippen LogP contribution in [0.2, 0.25) is 5.02 Å². The van der Waals surface area contributed by atoms with Crippen LogP contribution < -0.4 is 0 Å². The molecule has 21 heavy (non-hydrogen) atoms. The van der Waals surface area contributed by atoms with Crippen LogP contribution in [0, 0.1) is 18.3 Å². The van der Waals surface area contributed by atoms with Crippen LogP contribution in [0.4, 0.5) is 0 Å². The standard InChI is InChI=1S/C16H11ClN4/c1-11-2-4-12(5-3-11)16-15(10-18)19-20-21(16)14-8-6-13(17)7-9-14/h2-9H,1H3. The second-order valence-electron chi connectivity index (χ2n) is 4.65. The lowest BCUT2D eigenvalue weighted by Crippen LogP contribution is -1.99. The van der Waals surface area contributed by atoms with Gasteiger partial charge in [-0.15, -0.1) is 5.10 Å². The summed E-state index contributed by atoms with van der Waals surface area (Å²) in [7, 11) is 0. The molecule has 102 valence electrons. The van der Waals surface area contributed by atoms with Crippen molar-refractivity contribution in [3.05, 3.63) is 64.8 Å². The molecule has 0 N–H and O–H groups in total. The maximum atomic E-state index is 9.25. The molecule has 0 aliphatic rings. The molecular weight excluding hydrogens is 284 g/mol. The average molecular weight is 295 g/mol. The summed E-state index contributed by atoms with van der Waals surface area (Å²) in [6, 6.07) is 17.2. The Morgan fingerprint density at radius 3 is 2.33 bits per heavy atom. The van der Waals surface area contributed by atoms with E-state index in [1.54, 1.807) is 16.8 Å². The molecule has 2 aromatic carbocycles. The lowest BCUT2D eigenvalue weighted by molar-refractivity contribution is 0.807. The predicted molar refractivity (Wildman–Crippen MR) is 81.3 cm³/mol. The van der Waals surface area contributed by atoms with Crippen molar-refractivity contribution in [2.24, 2.45) is 0 Å². The van der Waals surface area contributed by atoms with Gasteiger partial charge >= 0.3 is 0 Å². The third-order valence-corrected chi connectivity index (χ3v) is 3.42. The van der Waals surface area contributed by atoms with E-state index >= 15 is 0 Å². The van der Waals surface area contributed by atoms with Crippen LogP contribution in [0.5, 0.6) is 0 Å². The van der Waals surface area contributed by atoms with E-state index in [2.05, 4.69) is 16.4 Å². The topological polar surface area (TPSA) is 54.5 Å². The van der Waals surface area contributed by atoms with Crippen molar-refractivity contribution in [1.82, 2.24) is 15.0 Å². The zero-order valence-corrected chi connectivity index (χ0v) is 12.0. The fraction of sp³-hybridized carbons (Fsp3) is 0.0625. The second-order valence-corrected chi connectivity index (χ2v) is 5.09. The lowest BCUT2D eigenvalue weighted by atomic mass is 10.1. The van der Waals surface area contributed by atoms with Crippen molar-refractivity contribution in [2.45, 2.75) is 6.92 Å². The monoisotopic (exact) mass is 294 g/mol. The van der Waals surface area contributed by atoms with Gasteiger partial charge in [-0.2, -0.15) is 5.26 Å². The summed E-state index contributed by atoms with van der Waals surface area (Å²) in [5.41, 5.74) is 3.84. The molecule has 0 fully saturated rings. The average Bonchev–Trinajstić information content (AvgIpc) is 2.93. The summed E-state index contributed by atoms with van der Waals surface area (Å²) >= 11 is 5.91. The van der Waals surface area contributed by atoms with Crippen LogP contribution in [0.25, 0.3) is 16.9 Å². The van der Waals surface area contributed by atoms with Crippen molar-refractivity contribution in [3.63, 3.8) is 0 Å². The molecule has 0 unspecified atom stereocenters. The van der Waals surface area contributed by atoms with Gasteiger partial charge in [-0.3, -0.25) is 0 Å². The number of halogens is 1. The van der Waals surface area contributed by atoms with Gasteiger partial charge in [0, 0.05) is 10.6 Å². The predicted octanol–water partition coefficient (Wildman–Crippen LogP) is 3.77. The summed E-state index contributed by atoms with van der Waals surface area (Å²) in [5.74, 6) is 0. The van der Waals surface area contributed by atoms with E-state index in [0.717, 1.165) is 16.8 Å². The van der Waals surface area contributed by atoms with Gasteiger partial charge in [0.1, 0.15) is 11.8 Å². The number of nitrogens with zero attached hydrogens (tertiary/aromatic N) is 4. The van der Waals surface area contributed by atoms with E-state index in [-0.39, 0.29) is 0 Å². The SMILES string of the molecule is Cc1ccc(-c2c(C#N)nnn2-c2ccc(Cl)cc2)cc1. The molecule has 0 aliphatic carbocycles. The highest BCUT2D eigenvalue weighted by atomic mass is 35.5. The number of nitriles is 1. The normalized spacial score (nSPS) is 10.3. The number of hydrogen-bond donors (Lipinski definition) is 0. The molecule has 0 bridgehead atoms. The fourth-order valence-electron chi connectivity index (χ4n) is 2.09. The molecule has 0 atom stereocenters. The van der Waals surface area contributed by atoms with Gasteiger partial charge in [-0.05, 0) is 31.2 Å². The molecule has 0 saturated carbocycles. The van der Waals surface area contributed by atoms with Crippen LogP contribution in [-0.2, 0) is 0 Å². The maximum absolute atomic E-state index is 9.25. The zero-order valence-electron chi connectivity index (χ0n) is 11.3. The Bertz CT molecular complexity index is 811. The molecule has 1 aromatic heterocycles. The van der Waals surface area contributed by atoms with Crippen molar-refractivity contribution >= 4 is 11.6 Å². The van der Waals surface area contributed by atoms with Gasteiger partial charge in [0.05, 0.1) is 5.69 Å². The number of aromatic nitrogens is 3. The third kappa shape index (κ3) is 2.51. The Kier molecular flexibility index (Phi) is 3.43. The minimum atomic E-state index is 0.300. The molecule has 0 radical (unpaired) electrons. The summed E-state index contributed by atoms with van der Waals surface area (Å²) in [4.78, 5) is 0. The smallest absolute Gasteiger partial charge is 0.191 e. The van der Waals surface area contributed by atoms with Gasteiger partial charge in [-0.1, -0.05) is 46.6 Å². The fourth-order valence-corrected chi connectivity index (χ4v) is 2.22. The van der Waals surface area contributed by atoms with Crippen LogP contribution in [0.15, 0.2) is 48.5 Å². The summed E-state index contributed by atoms with van der Waals surface area (Å²) in [6.45, 7) is 2.02. The van der Waals surface area contributed by atoms with Crippen molar-refractivity contribution in [3.8, 4) is 23.0 Å². The summed E-state index contributed by atoms with van der Waals surface area (Å²) < 4.78 is 1.65. The minimum absolute atomic E-state index is 0.300. The van der Waals surface area contributed by atoms with Crippen LogP contribution >= 0.6 is 11.6 Å². The Hall–Kier alpha value is -2.64. The van der Waals surface area contributed by atoms with Gasteiger partial charge in [0.2, 0.25) is 0 Å². The van der Waals surface area contributed by atoms with Crippen molar-refractivity contribution < 1.29 is 0 Å². The summed E-state index contributed by atoms with van der Waals surface area (Å²) in [5, 5.41) is 17.9. The van der Waals surface area contributed by atoms with Gasteiger partial charge < -0.3 is 0 Å². The first-order valence-corrected chi connectivity index (χ1v) is 6.75. The molecule has 0 spiro atoms. The highest BCUT2D eigenvalue weighted by molar-refractivity contribution is 6.30. The Labute approximate surface area is 127 Å². The van der Waals surface area contributed by atoms with Gasteiger partial charge in [-0.25, -0.2) is 4.68 Å². The molecule has 4 nitrogen and oxygen atoms in total. The highest BCUT2D eigenvalue weighted by Crippen LogP contribution is 2.25. The quantitative estimate of drug-likeness (QED) is 0.723. The van der Waals surface area contributed by atoms with Gasteiger partial charge in [0.15, 0.2) is 5.69 Å². The molecule has 3 rings (SSSR count). The Balaban J connectivity index is 2.19. The van der Waals surface area contributed by atoms with Gasteiger partial charge in [0.25, 0.3) is 0 Å². The number of benzene rings is 2. The highest BCUT2D eigenvalue weighted by Gasteiger charge is 2.15. The Morgan fingerprint density at radius 2 is 1.71 bits per heavy atom. The first-order valence-electron chi connectivity index (χ1n) is 6.38. The molecule has 1 heterocycles. The van der Waals surface area contributed by atoms with E-state index in [1.165, 1.54) is 0 Å². The molecule has 5 heteroatoms. The van der Waals surface area contributed by atoms with Crippen LogP contribution in [0.3, 0.4) is 0 Å². The third-order valence-electron chi connectivity index (χ3n) is 3.17. The van der Waals surface area contributed by atoms with Crippen LogP contribution in [-0.4, -0.2) is 15.0 Å². The van der Waals surface area contributed by atoms with E-state index in [9.17, 15) is 5.26 Å². The lowest BCUT2D eigenvalue weighted by Gasteiger charge is -2.07. The number of rotatable bonds is 2. The zero-order chi connectivity index (χ0) is 14.8. The number of aryl methyl sites for hydroxylation is 1. The van der Waals surface area contributed by atoms with Crippen LogP contribution in [0.1, 0.15) is 11.3 Å². The summed E-state index contributed by atoms with van der Waals surface area (Å²) in [6.07, 6.45) is 0. The van der Waals surface area contributed by atoms with E-state index in [1.807, 2.05) is 43.3 Å². The maximum Gasteiger partial charge on any atom is 0.191 e. The molecule has 0 saturated heterocycles. The first-order chi connectivity index (χ1) is 10.2. The molecule has 0 aliphatic heterocycles. The van der Waals surface area contributed by atoms with E-state index < -0.39 is 0 Å². The Morgan fingerprint density at radius 1 is 1.05 bits per heavy atom.